The maximum atomic E-state index is 12.2. The number of carbonyl (C=O) groups excluding carboxylic acids is 1. The molecule has 2 heterocycles. The van der Waals surface area contributed by atoms with Crippen molar-refractivity contribution in [1.29, 1.82) is 5.26 Å². The van der Waals surface area contributed by atoms with E-state index in [0.29, 0.717) is 34.9 Å². The number of aromatic nitrogens is 1. The minimum absolute atomic E-state index is 0.274. The number of fused-ring (bicyclic) bond motifs is 1. The lowest BCUT2D eigenvalue weighted by Crippen LogP contribution is -2.38. The van der Waals surface area contributed by atoms with Crippen molar-refractivity contribution in [3.8, 4) is 6.07 Å². The van der Waals surface area contributed by atoms with Crippen molar-refractivity contribution in [3.63, 3.8) is 0 Å². The lowest BCUT2D eigenvalue weighted by molar-refractivity contribution is 0.0525. The van der Waals surface area contributed by atoms with E-state index in [9.17, 15) is 10.1 Å². The van der Waals surface area contributed by atoms with Crippen LogP contribution in [0.3, 0.4) is 0 Å². The van der Waals surface area contributed by atoms with Crippen LogP contribution in [0.2, 0.25) is 0 Å². The summed E-state index contributed by atoms with van der Waals surface area (Å²) in [7, 11) is 0. The highest BCUT2D eigenvalue weighted by atomic mass is 32.1. The van der Waals surface area contributed by atoms with E-state index in [1.807, 2.05) is 18.2 Å². The summed E-state index contributed by atoms with van der Waals surface area (Å²) in [4.78, 5) is 14.4. The Bertz CT molecular complexity index is 886. The number of nitrogens with zero attached hydrogens (tertiary/aromatic N) is 3. The Hall–Kier alpha value is -2.69. The first kappa shape index (κ1) is 17.1. The van der Waals surface area contributed by atoms with Gasteiger partial charge in [0.25, 0.3) is 0 Å². The summed E-state index contributed by atoms with van der Waals surface area (Å²) in [6, 6.07) is 13.7. The van der Waals surface area contributed by atoms with Crippen molar-refractivity contribution in [2.75, 3.05) is 18.6 Å². The molecule has 3 rings (SSSR count). The van der Waals surface area contributed by atoms with Gasteiger partial charge in [-0.15, -0.1) is 0 Å². The highest BCUT2D eigenvalue weighted by molar-refractivity contribution is 7.71. The van der Waals surface area contributed by atoms with Crippen LogP contribution >= 0.6 is 12.2 Å². The van der Waals surface area contributed by atoms with E-state index in [0.717, 1.165) is 6.54 Å². The van der Waals surface area contributed by atoms with Gasteiger partial charge in [0.05, 0.1) is 25.5 Å². The van der Waals surface area contributed by atoms with Gasteiger partial charge in [-0.2, -0.15) is 5.26 Å². The molecule has 1 aromatic carbocycles. The SMILES string of the molecule is CCOC(=O)c1cc(C#N)c(=S)n2c1NCN(Cc1ccccc1)C2. The van der Waals surface area contributed by atoms with Crippen LogP contribution < -0.4 is 5.32 Å². The molecule has 0 amide bonds. The van der Waals surface area contributed by atoms with Gasteiger partial charge >= 0.3 is 5.97 Å². The normalized spacial score (nSPS) is 13.4. The largest absolute Gasteiger partial charge is 0.462 e. The second kappa shape index (κ2) is 7.47. The van der Waals surface area contributed by atoms with E-state index >= 15 is 0 Å². The molecule has 128 valence electrons. The average molecular weight is 354 g/mol. The zero-order chi connectivity index (χ0) is 17.8. The molecular weight excluding hydrogens is 336 g/mol. The van der Waals surface area contributed by atoms with Gasteiger partial charge in [-0.25, -0.2) is 4.79 Å². The highest BCUT2D eigenvalue weighted by Crippen LogP contribution is 2.25. The second-order valence-corrected chi connectivity index (χ2v) is 6.06. The van der Waals surface area contributed by atoms with Crippen LogP contribution in [0.15, 0.2) is 36.4 Å². The summed E-state index contributed by atoms with van der Waals surface area (Å²) < 4.78 is 7.30. The smallest absolute Gasteiger partial charge is 0.341 e. The number of esters is 1. The summed E-state index contributed by atoms with van der Waals surface area (Å²) in [5.74, 6) is 0.147. The minimum Gasteiger partial charge on any atom is -0.462 e. The lowest BCUT2D eigenvalue weighted by Gasteiger charge is -2.32. The van der Waals surface area contributed by atoms with Gasteiger partial charge in [-0.05, 0) is 18.6 Å². The van der Waals surface area contributed by atoms with Crippen molar-refractivity contribution in [2.24, 2.45) is 0 Å². The van der Waals surface area contributed by atoms with E-state index in [4.69, 9.17) is 17.0 Å². The minimum atomic E-state index is -0.457. The zero-order valence-electron chi connectivity index (χ0n) is 13.9. The van der Waals surface area contributed by atoms with Crippen LogP contribution in [0, 0.1) is 16.0 Å². The first-order valence-electron chi connectivity index (χ1n) is 7.99. The second-order valence-electron chi connectivity index (χ2n) is 5.68. The molecular formula is C18H18N4O2S. The topological polar surface area (TPSA) is 70.3 Å². The Morgan fingerprint density at radius 3 is 2.84 bits per heavy atom. The first-order chi connectivity index (χ1) is 12.1. The van der Waals surface area contributed by atoms with E-state index in [-0.39, 0.29) is 6.61 Å². The number of nitriles is 1. The molecule has 6 nitrogen and oxygen atoms in total. The maximum absolute atomic E-state index is 12.2. The Kier molecular flexibility index (Phi) is 5.12. The number of benzene rings is 1. The van der Waals surface area contributed by atoms with Crippen LogP contribution in [0.4, 0.5) is 5.82 Å². The van der Waals surface area contributed by atoms with Crippen LogP contribution in [-0.2, 0) is 18.0 Å². The monoisotopic (exact) mass is 354 g/mol. The molecule has 0 bridgehead atoms. The molecule has 2 aromatic rings. The van der Waals surface area contributed by atoms with E-state index < -0.39 is 5.97 Å². The van der Waals surface area contributed by atoms with Crippen molar-refractivity contribution in [2.45, 2.75) is 20.1 Å². The zero-order valence-corrected chi connectivity index (χ0v) is 14.7. The molecule has 0 radical (unpaired) electrons. The van der Waals surface area contributed by atoms with Crippen molar-refractivity contribution >= 4 is 24.0 Å². The average Bonchev–Trinajstić information content (AvgIpc) is 2.63. The standard InChI is InChI=1S/C18H18N4O2S/c1-2-24-18(23)15-8-14(9-19)17(25)22-12-21(11-20-16(15)22)10-13-6-4-3-5-7-13/h3-8,20H,2,10-12H2,1H3. The predicted octanol–water partition coefficient (Wildman–Crippen LogP) is 3.11. The number of anilines is 1. The fourth-order valence-electron chi connectivity index (χ4n) is 2.82. The maximum Gasteiger partial charge on any atom is 0.341 e. The van der Waals surface area contributed by atoms with Crippen molar-refractivity contribution in [3.05, 3.63) is 57.7 Å². The Morgan fingerprint density at radius 2 is 2.16 bits per heavy atom. The number of hydrogen-bond donors (Lipinski definition) is 1. The first-order valence-corrected chi connectivity index (χ1v) is 8.40. The molecule has 1 N–H and O–H groups in total. The molecule has 25 heavy (non-hydrogen) atoms. The summed E-state index contributed by atoms with van der Waals surface area (Å²) in [6.07, 6.45) is 0. The number of hydrogen-bond acceptors (Lipinski definition) is 6. The van der Waals surface area contributed by atoms with Crippen molar-refractivity contribution < 1.29 is 9.53 Å². The van der Waals surface area contributed by atoms with Gasteiger partial charge in [0.2, 0.25) is 0 Å². The molecule has 0 fully saturated rings. The van der Waals surface area contributed by atoms with Crippen LogP contribution in [0.25, 0.3) is 0 Å². The third-order valence-corrected chi connectivity index (χ3v) is 4.41. The van der Waals surface area contributed by atoms with E-state index in [1.54, 1.807) is 11.5 Å². The Morgan fingerprint density at radius 1 is 1.40 bits per heavy atom. The Labute approximate surface area is 151 Å². The predicted molar refractivity (Wildman–Crippen MR) is 96.4 cm³/mol. The molecule has 1 aliphatic heterocycles. The van der Waals surface area contributed by atoms with Crippen LogP contribution in [-0.4, -0.2) is 28.7 Å². The van der Waals surface area contributed by atoms with Gasteiger partial charge in [0.1, 0.15) is 22.1 Å². The molecule has 1 aromatic heterocycles. The number of pyridine rings is 1. The summed E-state index contributed by atoms with van der Waals surface area (Å²) in [5.41, 5.74) is 1.82. The van der Waals surface area contributed by atoms with Gasteiger partial charge in [0.15, 0.2) is 0 Å². The number of ether oxygens (including phenoxy) is 1. The molecule has 0 saturated carbocycles. The third kappa shape index (κ3) is 3.55. The number of carbonyl (C=O) groups is 1. The molecule has 7 heteroatoms. The molecule has 0 spiro atoms. The molecule has 0 aliphatic carbocycles. The molecule has 0 unspecified atom stereocenters. The summed E-state index contributed by atoms with van der Waals surface area (Å²) in [5, 5.41) is 12.6. The van der Waals surface area contributed by atoms with E-state index in [2.05, 4.69) is 28.4 Å². The fourth-order valence-corrected chi connectivity index (χ4v) is 3.07. The third-order valence-electron chi connectivity index (χ3n) is 3.97. The summed E-state index contributed by atoms with van der Waals surface area (Å²) >= 11 is 5.43. The van der Waals surface area contributed by atoms with Crippen LogP contribution in [0.5, 0.6) is 0 Å². The summed E-state index contributed by atoms with van der Waals surface area (Å²) in [6.45, 7) is 3.83. The number of rotatable bonds is 4. The lowest BCUT2D eigenvalue weighted by atomic mass is 10.1. The van der Waals surface area contributed by atoms with Gasteiger partial charge in [-0.1, -0.05) is 42.5 Å². The van der Waals surface area contributed by atoms with Gasteiger partial charge in [0, 0.05) is 6.54 Å². The Balaban J connectivity index is 1.95. The van der Waals surface area contributed by atoms with Gasteiger partial charge in [-0.3, -0.25) is 4.90 Å². The highest BCUT2D eigenvalue weighted by Gasteiger charge is 2.24. The molecule has 0 saturated heterocycles. The van der Waals surface area contributed by atoms with Crippen molar-refractivity contribution in [1.82, 2.24) is 9.47 Å². The molecule has 0 atom stereocenters. The van der Waals surface area contributed by atoms with E-state index in [1.165, 1.54) is 11.6 Å². The quantitative estimate of drug-likeness (QED) is 0.672. The molecule has 1 aliphatic rings. The van der Waals surface area contributed by atoms with Gasteiger partial charge < -0.3 is 14.6 Å². The van der Waals surface area contributed by atoms with Crippen LogP contribution in [0.1, 0.15) is 28.4 Å². The fraction of sp³-hybridized carbons (Fsp3) is 0.278. The number of nitrogens with one attached hydrogen (secondary N) is 1.